The Labute approximate surface area is 155 Å². The number of halogens is 2. The van der Waals surface area contributed by atoms with Crippen molar-refractivity contribution in [1.82, 2.24) is 9.88 Å². The monoisotopic (exact) mass is 371 g/mol. The third-order valence-electron chi connectivity index (χ3n) is 5.89. The molecule has 4 aliphatic heterocycles. The van der Waals surface area contributed by atoms with E-state index in [-0.39, 0.29) is 6.29 Å². The molecular formula is C20H19F2N3O2. The van der Waals surface area contributed by atoms with Crippen molar-refractivity contribution in [2.75, 3.05) is 31.2 Å². The lowest BCUT2D eigenvalue weighted by Gasteiger charge is -2.60. The molecule has 5 nitrogen and oxygen atoms in total. The van der Waals surface area contributed by atoms with Crippen LogP contribution in [0.5, 0.6) is 0 Å². The van der Waals surface area contributed by atoms with Crippen molar-refractivity contribution in [2.45, 2.75) is 24.5 Å². The van der Waals surface area contributed by atoms with Crippen molar-refractivity contribution in [3.05, 3.63) is 47.7 Å². The quantitative estimate of drug-likeness (QED) is 0.773. The SMILES string of the molecule is O=Cc1c(F)cc(-c2ccc(N3CC4CC(C3)N4C3COC3)nc2)cc1F. The van der Waals surface area contributed by atoms with E-state index in [2.05, 4.69) is 14.8 Å². The molecule has 2 aromatic rings. The Hall–Kier alpha value is -2.38. The summed E-state index contributed by atoms with van der Waals surface area (Å²) in [6.45, 7) is 3.57. The Morgan fingerprint density at radius 2 is 1.74 bits per heavy atom. The van der Waals surface area contributed by atoms with E-state index in [1.807, 2.05) is 12.1 Å². The highest BCUT2D eigenvalue weighted by molar-refractivity contribution is 5.78. The minimum atomic E-state index is -0.861. The predicted molar refractivity (Wildman–Crippen MR) is 95.8 cm³/mol. The number of fused-ring (bicyclic) bond motifs is 2. The Kier molecular flexibility index (Phi) is 3.94. The van der Waals surface area contributed by atoms with E-state index in [0.717, 1.165) is 44.3 Å². The lowest BCUT2D eigenvalue weighted by molar-refractivity contribution is -0.141. The van der Waals surface area contributed by atoms with E-state index < -0.39 is 17.2 Å². The number of pyridine rings is 1. The largest absolute Gasteiger partial charge is 0.378 e. The van der Waals surface area contributed by atoms with Gasteiger partial charge in [0, 0.05) is 36.9 Å². The third-order valence-corrected chi connectivity index (χ3v) is 5.89. The minimum Gasteiger partial charge on any atom is -0.378 e. The molecule has 0 amide bonds. The number of nitrogens with zero attached hydrogens (tertiary/aromatic N) is 3. The van der Waals surface area contributed by atoms with Crippen LogP contribution < -0.4 is 4.90 Å². The van der Waals surface area contributed by atoms with Crippen molar-refractivity contribution in [1.29, 1.82) is 0 Å². The van der Waals surface area contributed by atoms with Gasteiger partial charge in [-0.3, -0.25) is 9.69 Å². The van der Waals surface area contributed by atoms with Gasteiger partial charge >= 0.3 is 0 Å². The zero-order valence-electron chi connectivity index (χ0n) is 14.6. The van der Waals surface area contributed by atoms with Crippen LogP contribution in [0.4, 0.5) is 14.6 Å². The van der Waals surface area contributed by atoms with Crippen molar-refractivity contribution in [3.63, 3.8) is 0 Å². The highest BCUT2D eigenvalue weighted by Gasteiger charge is 2.49. The standard InChI is InChI=1S/C20H19F2N3O2/c21-18-3-13(4-19(22)17(18)9-26)12-1-2-20(23-6-12)24-7-14-5-15(8-24)25(14)16-10-27-11-16/h1-4,6,9,14-16H,5,7-8,10-11H2. The molecule has 7 heteroatoms. The number of rotatable bonds is 4. The Morgan fingerprint density at radius 1 is 1.04 bits per heavy atom. The normalized spacial score (nSPS) is 25.0. The van der Waals surface area contributed by atoms with Gasteiger partial charge in [-0.15, -0.1) is 0 Å². The fourth-order valence-electron chi connectivity index (χ4n) is 4.42. The first-order chi connectivity index (χ1) is 13.1. The second kappa shape index (κ2) is 6.35. The molecule has 0 radical (unpaired) electrons. The van der Waals surface area contributed by atoms with Crippen LogP contribution in [-0.2, 0) is 4.74 Å². The molecule has 0 saturated carbocycles. The molecule has 2 bridgehead atoms. The maximum absolute atomic E-state index is 13.8. The topological polar surface area (TPSA) is 45.7 Å². The summed E-state index contributed by atoms with van der Waals surface area (Å²) >= 11 is 0. The minimum absolute atomic E-state index is 0.191. The lowest BCUT2D eigenvalue weighted by atomic mass is 9.85. The Bertz CT molecular complexity index is 850. The summed E-state index contributed by atoms with van der Waals surface area (Å²) in [6.07, 6.45) is 3.05. The van der Waals surface area contributed by atoms with E-state index in [9.17, 15) is 13.6 Å². The number of hydrogen-bond donors (Lipinski definition) is 0. The van der Waals surface area contributed by atoms with Gasteiger partial charge in [-0.1, -0.05) is 0 Å². The maximum atomic E-state index is 13.8. The van der Waals surface area contributed by atoms with Gasteiger partial charge in [0.15, 0.2) is 6.29 Å². The fourth-order valence-corrected chi connectivity index (χ4v) is 4.42. The molecule has 140 valence electrons. The molecule has 4 aliphatic rings. The number of benzene rings is 1. The number of aldehydes is 1. The number of aromatic nitrogens is 1. The van der Waals surface area contributed by atoms with Gasteiger partial charge in [0.25, 0.3) is 0 Å². The number of hydrogen-bond acceptors (Lipinski definition) is 5. The smallest absolute Gasteiger partial charge is 0.155 e. The van der Waals surface area contributed by atoms with Crippen LogP contribution in [0.15, 0.2) is 30.5 Å². The molecule has 1 aromatic carbocycles. The van der Waals surface area contributed by atoms with Gasteiger partial charge in [-0.2, -0.15) is 0 Å². The molecule has 0 spiro atoms. The average Bonchev–Trinajstić information content (AvgIpc) is 2.64. The van der Waals surface area contributed by atoms with Crippen molar-refractivity contribution in [3.8, 4) is 11.1 Å². The van der Waals surface area contributed by atoms with E-state index >= 15 is 0 Å². The van der Waals surface area contributed by atoms with Gasteiger partial charge in [0.05, 0.1) is 24.8 Å². The van der Waals surface area contributed by atoms with Gasteiger partial charge < -0.3 is 9.64 Å². The van der Waals surface area contributed by atoms with Crippen LogP contribution in [0, 0.1) is 11.6 Å². The van der Waals surface area contributed by atoms with E-state index in [1.54, 1.807) is 6.20 Å². The predicted octanol–water partition coefficient (Wildman–Crippen LogP) is 2.50. The summed E-state index contributed by atoms with van der Waals surface area (Å²) in [5.41, 5.74) is 0.439. The number of piperidine rings is 1. The summed E-state index contributed by atoms with van der Waals surface area (Å²) in [4.78, 5) is 20.1. The molecule has 4 saturated heterocycles. The van der Waals surface area contributed by atoms with Gasteiger partial charge in [0.1, 0.15) is 17.5 Å². The molecule has 5 heterocycles. The average molecular weight is 371 g/mol. The van der Waals surface area contributed by atoms with Gasteiger partial charge in [-0.05, 0) is 36.2 Å². The lowest BCUT2D eigenvalue weighted by Crippen LogP contribution is -2.74. The molecule has 0 aliphatic carbocycles. The van der Waals surface area contributed by atoms with E-state index in [4.69, 9.17) is 4.74 Å². The molecule has 1 aromatic heterocycles. The van der Waals surface area contributed by atoms with Crippen LogP contribution in [-0.4, -0.2) is 60.6 Å². The van der Waals surface area contributed by atoms with Crippen LogP contribution in [0.1, 0.15) is 16.8 Å². The number of ether oxygens (including phenoxy) is 1. The number of carbonyl (C=O) groups is 1. The number of piperazine rings is 1. The van der Waals surface area contributed by atoms with Crippen molar-refractivity contribution in [2.24, 2.45) is 0 Å². The summed E-state index contributed by atoms with van der Waals surface area (Å²) in [7, 11) is 0. The Morgan fingerprint density at radius 3 is 2.26 bits per heavy atom. The second-order valence-corrected chi connectivity index (χ2v) is 7.46. The van der Waals surface area contributed by atoms with Crippen LogP contribution in [0.25, 0.3) is 11.1 Å². The maximum Gasteiger partial charge on any atom is 0.155 e. The molecule has 0 N–H and O–H groups in total. The van der Waals surface area contributed by atoms with Crippen LogP contribution in [0.2, 0.25) is 0 Å². The molecule has 2 unspecified atom stereocenters. The third kappa shape index (κ3) is 2.73. The first-order valence-corrected chi connectivity index (χ1v) is 9.15. The Balaban J connectivity index is 1.32. The summed E-state index contributed by atoms with van der Waals surface area (Å²) in [5, 5.41) is 0. The highest BCUT2D eigenvalue weighted by Crippen LogP contribution is 2.37. The molecule has 4 fully saturated rings. The van der Waals surface area contributed by atoms with Crippen LogP contribution in [0.3, 0.4) is 0 Å². The van der Waals surface area contributed by atoms with Crippen molar-refractivity contribution >= 4 is 12.1 Å². The van der Waals surface area contributed by atoms with Crippen molar-refractivity contribution < 1.29 is 18.3 Å². The summed E-state index contributed by atoms with van der Waals surface area (Å²) in [6, 6.07) is 7.72. The summed E-state index contributed by atoms with van der Waals surface area (Å²) in [5.74, 6) is -0.844. The second-order valence-electron chi connectivity index (χ2n) is 7.46. The molecule has 2 atom stereocenters. The molecule has 27 heavy (non-hydrogen) atoms. The van der Waals surface area contributed by atoms with Gasteiger partial charge in [0.2, 0.25) is 0 Å². The van der Waals surface area contributed by atoms with E-state index in [0.29, 0.717) is 29.3 Å². The first kappa shape index (κ1) is 16.8. The number of anilines is 1. The number of carbonyl (C=O) groups excluding carboxylic acids is 1. The van der Waals surface area contributed by atoms with Gasteiger partial charge in [-0.25, -0.2) is 13.8 Å². The zero-order chi connectivity index (χ0) is 18.5. The first-order valence-electron chi connectivity index (χ1n) is 9.15. The highest BCUT2D eigenvalue weighted by atomic mass is 19.1. The molecule has 6 rings (SSSR count). The zero-order valence-corrected chi connectivity index (χ0v) is 14.6. The van der Waals surface area contributed by atoms with E-state index in [1.165, 1.54) is 6.42 Å². The fraction of sp³-hybridized carbons (Fsp3) is 0.400. The molecular weight excluding hydrogens is 352 g/mol. The summed E-state index contributed by atoms with van der Waals surface area (Å²) < 4.78 is 33.0. The van der Waals surface area contributed by atoms with Crippen LogP contribution >= 0.6 is 0 Å².